The second-order valence-electron chi connectivity index (χ2n) is 6.14. The number of rotatable bonds is 7. The van der Waals surface area contributed by atoms with Crippen LogP contribution in [-0.2, 0) is 9.59 Å². The number of carbonyl (C=O) groups excluding carboxylic acids is 2. The van der Waals surface area contributed by atoms with E-state index < -0.39 is 0 Å². The van der Waals surface area contributed by atoms with Crippen molar-refractivity contribution in [1.82, 2.24) is 4.98 Å². The summed E-state index contributed by atoms with van der Waals surface area (Å²) in [4.78, 5) is 30.6. The van der Waals surface area contributed by atoms with Crippen molar-refractivity contribution >= 4 is 57.1 Å². The van der Waals surface area contributed by atoms with Gasteiger partial charge in [-0.15, -0.1) is 34.4 Å². The van der Waals surface area contributed by atoms with E-state index in [-0.39, 0.29) is 23.5 Å². The minimum absolute atomic E-state index is 0.0835. The highest BCUT2D eigenvalue weighted by molar-refractivity contribution is 8.00. The lowest BCUT2D eigenvalue weighted by molar-refractivity contribution is -0.117. The Balaban J connectivity index is 1.29. The van der Waals surface area contributed by atoms with Gasteiger partial charge in [-0.25, -0.2) is 4.98 Å². The third-order valence-corrected chi connectivity index (χ3v) is 6.59. The highest BCUT2D eigenvalue weighted by Crippen LogP contribution is 2.31. The first kappa shape index (κ1) is 18.2. The molecule has 0 saturated heterocycles. The van der Waals surface area contributed by atoms with Gasteiger partial charge in [-0.1, -0.05) is 12.1 Å². The molecule has 1 aliphatic carbocycles. The Hall–Kier alpha value is -2.16. The zero-order chi connectivity index (χ0) is 18.6. The minimum atomic E-state index is -0.0977. The van der Waals surface area contributed by atoms with E-state index in [0.717, 1.165) is 34.0 Å². The van der Waals surface area contributed by atoms with Gasteiger partial charge in [0.25, 0.3) is 0 Å². The summed E-state index contributed by atoms with van der Waals surface area (Å²) < 4.78 is 0. The van der Waals surface area contributed by atoms with Crippen molar-refractivity contribution in [1.29, 1.82) is 0 Å². The largest absolute Gasteiger partial charge is 0.326 e. The zero-order valence-corrected chi connectivity index (χ0v) is 16.8. The predicted octanol–water partition coefficient (Wildman–Crippen LogP) is 4.95. The fourth-order valence-corrected chi connectivity index (χ4v) is 4.67. The first-order chi connectivity index (χ1) is 13.2. The Morgan fingerprint density at radius 2 is 2.04 bits per heavy atom. The number of amides is 2. The molecule has 0 radical (unpaired) electrons. The molecule has 0 aliphatic heterocycles. The number of hydrogen-bond acceptors (Lipinski definition) is 6. The topological polar surface area (TPSA) is 71.1 Å². The molecule has 5 nitrogen and oxygen atoms in total. The molecule has 2 aromatic heterocycles. The predicted molar refractivity (Wildman–Crippen MR) is 113 cm³/mol. The first-order valence-corrected chi connectivity index (χ1v) is 11.2. The molecule has 0 atom stereocenters. The monoisotopic (exact) mass is 415 g/mol. The van der Waals surface area contributed by atoms with Crippen LogP contribution >= 0.6 is 34.4 Å². The fraction of sp³-hybridized carbons (Fsp3) is 0.211. The van der Waals surface area contributed by atoms with Crippen molar-refractivity contribution in [2.24, 2.45) is 5.92 Å². The van der Waals surface area contributed by atoms with E-state index in [1.807, 2.05) is 47.2 Å². The van der Waals surface area contributed by atoms with E-state index >= 15 is 0 Å². The molecule has 138 valence electrons. The molecule has 0 spiro atoms. The van der Waals surface area contributed by atoms with Crippen LogP contribution in [0.3, 0.4) is 0 Å². The molecular formula is C19H17N3O2S3. The molecule has 0 bridgehead atoms. The SMILES string of the molecule is O=C(CSc1cccc(NC(=O)C2CC2)c1)Nc1nc(-c2cccs2)cs1. The summed E-state index contributed by atoms with van der Waals surface area (Å²) in [5, 5.41) is 10.3. The van der Waals surface area contributed by atoms with Crippen LogP contribution in [0.5, 0.6) is 0 Å². The van der Waals surface area contributed by atoms with Crippen molar-refractivity contribution in [3.63, 3.8) is 0 Å². The Bertz CT molecular complexity index is 949. The maximum Gasteiger partial charge on any atom is 0.236 e. The quantitative estimate of drug-likeness (QED) is 0.536. The Kier molecular flexibility index (Phi) is 5.56. The summed E-state index contributed by atoms with van der Waals surface area (Å²) in [7, 11) is 0. The van der Waals surface area contributed by atoms with Gasteiger partial charge in [-0.2, -0.15) is 0 Å². The second kappa shape index (κ2) is 8.24. The molecule has 2 heterocycles. The summed E-state index contributed by atoms with van der Waals surface area (Å²) in [5.74, 6) is 0.442. The number of aromatic nitrogens is 1. The molecule has 3 aromatic rings. The summed E-state index contributed by atoms with van der Waals surface area (Å²) in [6, 6.07) is 11.6. The molecule has 0 unspecified atom stereocenters. The van der Waals surface area contributed by atoms with Crippen LogP contribution in [0.15, 0.2) is 52.1 Å². The smallest absolute Gasteiger partial charge is 0.236 e. The molecule has 1 aromatic carbocycles. The van der Waals surface area contributed by atoms with Gasteiger partial charge >= 0.3 is 0 Å². The summed E-state index contributed by atoms with van der Waals surface area (Å²) in [5.41, 5.74) is 1.66. The van der Waals surface area contributed by atoms with E-state index in [0.29, 0.717) is 5.13 Å². The Labute approximate surface area is 169 Å². The normalized spacial score (nSPS) is 13.3. The maximum atomic E-state index is 12.2. The third-order valence-electron chi connectivity index (χ3n) is 3.94. The molecule has 2 amide bonds. The average molecular weight is 416 g/mol. The lowest BCUT2D eigenvalue weighted by Crippen LogP contribution is -2.14. The molecular weight excluding hydrogens is 398 g/mol. The number of benzene rings is 1. The van der Waals surface area contributed by atoms with Crippen LogP contribution in [0.1, 0.15) is 12.8 Å². The fourth-order valence-electron chi connectivity index (χ4n) is 2.43. The van der Waals surface area contributed by atoms with Gasteiger partial charge in [0.1, 0.15) is 0 Å². The summed E-state index contributed by atoms with van der Waals surface area (Å²) >= 11 is 4.48. The van der Waals surface area contributed by atoms with Crippen molar-refractivity contribution in [3.8, 4) is 10.6 Å². The van der Waals surface area contributed by atoms with E-state index in [1.165, 1.54) is 23.1 Å². The lowest BCUT2D eigenvalue weighted by Gasteiger charge is -2.07. The molecule has 1 fully saturated rings. The Morgan fingerprint density at radius 3 is 2.81 bits per heavy atom. The van der Waals surface area contributed by atoms with Gasteiger partial charge in [0, 0.05) is 21.9 Å². The van der Waals surface area contributed by atoms with Crippen molar-refractivity contribution in [2.75, 3.05) is 16.4 Å². The summed E-state index contributed by atoms with van der Waals surface area (Å²) in [6.45, 7) is 0. The van der Waals surface area contributed by atoms with E-state index in [2.05, 4.69) is 15.6 Å². The van der Waals surface area contributed by atoms with E-state index in [4.69, 9.17) is 0 Å². The number of thiophene rings is 1. The van der Waals surface area contributed by atoms with Gasteiger partial charge in [0.2, 0.25) is 11.8 Å². The number of nitrogens with zero attached hydrogens (tertiary/aromatic N) is 1. The van der Waals surface area contributed by atoms with Crippen molar-refractivity contribution in [2.45, 2.75) is 17.7 Å². The van der Waals surface area contributed by atoms with Gasteiger partial charge in [0.15, 0.2) is 5.13 Å². The van der Waals surface area contributed by atoms with Crippen LogP contribution < -0.4 is 10.6 Å². The zero-order valence-electron chi connectivity index (χ0n) is 14.3. The van der Waals surface area contributed by atoms with Crippen LogP contribution in [-0.4, -0.2) is 22.6 Å². The number of thiazole rings is 1. The van der Waals surface area contributed by atoms with Gasteiger partial charge in [-0.3, -0.25) is 9.59 Å². The number of thioether (sulfide) groups is 1. The second-order valence-corrected chi connectivity index (χ2v) is 9.00. The summed E-state index contributed by atoms with van der Waals surface area (Å²) in [6.07, 6.45) is 1.96. The van der Waals surface area contributed by atoms with Crippen LogP contribution in [0.2, 0.25) is 0 Å². The van der Waals surface area contributed by atoms with Crippen LogP contribution in [0, 0.1) is 5.92 Å². The molecule has 8 heteroatoms. The highest BCUT2D eigenvalue weighted by atomic mass is 32.2. The highest BCUT2D eigenvalue weighted by Gasteiger charge is 2.29. The van der Waals surface area contributed by atoms with Crippen LogP contribution in [0.25, 0.3) is 10.6 Å². The van der Waals surface area contributed by atoms with Crippen molar-refractivity contribution < 1.29 is 9.59 Å². The molecule has 4 rings (SSSR count). The third kappa shape index (κ3) is 4.97. The standard InChI is InChI=1S/C19H17N3O2S3/c23-17(22-19-21-15(10-27-19)16-5-2-8-25-16)11-26-14-4-1-3-13(9-14)20-18(24)12-6-7-12/h1-5,8-10,12H,6-7,11H2,(H,20,24)(H,21,22,23). The maximum absolute atomic E-state index is 12.2. The minimum Gasteiger partial charge on any atom is -0.326 e. The van der Waals surface area contributed by atoms with Gasteiger partial charge in [-0.05, 0) is 42.5 Å². The molecule has 1 saturated carbocycles. The average Bonchev–Trinajstić information content (AvgIpc) is 3.18. The van der Waals surface area contributed by atoms with E-state index in [1.54, 1.807) is 11.3 Å². The van der Waals surface area contributed by atoms with Crippen molar-refractivity contribution in [3.05, 3.63) is 47.2 Å². The van der Waals surface area contributed by atoms with Gasteiger partial charge < -0.3 is 10.6 Å². The number of carbonyl (C=O) groups is 2. The molecule has 2 N–H and O–H groups in total. The first-order valence-electron chi connectivity index (χ1n) is 8.50. The molecule has 27 heavy (non-hydrogen) atoms. The van der Waals surface area contributed by atoms with E-state index in [9.17, 15) is 9.59 Å². The van der Waals surface area contributed by atoms with Gasteiger partial charge in [0.05, 0.1) is 16.3 Å². The number of hydrogen-bond donors (Lipinski definition) is 2. The number of nitrogens with one attached hydrogen (secondary N) is 2. The van der Waals surface area contributed by atoms with Crippen LogP contribution in [0.4, 0.5) is 10.8 Å². The molecule has 1 aliphatic rings. The number of anilines is 2. The Morgan fingerprint density at radius 1 is 1.15 bits per heavy atom. The lowest BCUT2D eigenvalue weighted by atomic mass is 10.3.